The van der Waals surface area contributed by atoms with Gasteiger partial charge in [-0.2, -0.15) is 0 Å². The van der Waals surface area contributed by atoms with Crippen molar-refractivity contribution in [3.63, 3.8) is 0 Å². The normalized spacial score (nSPS) is 10.7. The Morgan fingerprint density at radius 3 is 2.70 bits per heavy atom. The fourth-order valence-electron chi connectivity index (χ4n) is 2.57. The molecular weight excluding hydrogens is 368 g/mol. The van der Waals surface area contributed by atoms with E-state index in [0.717, 1.165) is 36.3 Å². The van der Waals surface area contributed by atoms with Crippen LogP contribution in [0.1, 0.15) is 11.4 Å². The second-order valence-corrected chi connectivity index (χ2v) is 6.97. The van der Waals surface area contributed by atoms with Gasteiger partial charge in [0.15, 0.2) is 11.6 Å². The van der Waals surface area contributed by atoms with Crippen molar-refractivity contribution >= 4 is 17.7 Å². The van der Waals surface area contributed by atoms with E-state index in [-0.39, 0.29) is 11.7 Å². The molecule has 0 atom stereocenters. The smallest absolute Gasteiger partial charge is 0.230 e. The quantitative estimate of drug-likeness (QED) is 0.600. The first-order chi connectivity index (χ1) is 13.1. The Morgan fingerprint density at radius 2 is 1.93 bits per heavy atom. The van der Waals surface area contributed by atoms with Gasteiger partial charge in [0.1, 0.15) is 5.82 Å². The average Bonchev–Trinajstić information content (AvgIpc) is 3.10. The summed E-state index contributed by atoms with van der Waals surface area (Å²) in [5.41, 5.74) is 1.18. The Labute approximate surface area is 160 Å². The Bertz CT molecular complexity index is 899. The highest BCUT2D eigenvalue weighted by atomic mass is 32.2. The van der Waals surface area contributed by atoms with Crippen molar-refractivity contribution in [3.8, 4) is 0 Å². The highest BCUT2D eigenvalue weighted by Gasteiger charge is 2.08. The molecule has 4 nitrogen and oxygen atoms in total. The van der Waals surface area contributed by atoms with Crippen LogP contribution < -0.4 is 5.32 Å². The van der Waals surface area contributed by atoms with Crippen LogP contribution in [0.15, 0.2) is 65.8 Å². The molecule has 2 aromatic carbocycles. The van der Waals surface area contributed by atoms with Crippen LogP contribution in [0.5, 0.6) is 0 Å². The van der Waals surface area contributed by atoms with Gasteiger partial charge in [0, 0.05) is 36.8 Å². The maximum Gasteiger partial charge on any atom is 0.230 e. The maximum atomic E-state index is 13.2. The molecule has 0 saturated heterocycles. The van der Waals surface area contributed by atoms with Gasteiger partial charge in [-0.05, 0) is 23.8 Å². The van der Waals surface area contributed by atoms with Gasteiger partial charge in [0.05, 0.1) is 5.75 Å². The second kappa shape index (κ2) is 9.32. The molecule has 0 saturated carbocycles. The molecule has 3 rings (SSSR count). The van der Waals surface area contributed by atoms with Crippen LogP contribution in [0.25, 0.3) is 0 Å². The van der Waals surface area contributed by atoms with E-state index in [0.29, 0.717) is 17.9 Å². The van der Waals surface area contributed by atoms with E-state index in [9.17, 15) is 13.6 Å². The van der Waals surface area contributed by atoms with E-state index in [4.69, 9.17) is 0 Å². The van der Waals surface area contributed by atoms with Crippen molar-refractivity contribution in [2.75, 3.05) is 12.3 Å². The third-order valence-corrected chi connectivity index (χ3v) is 4.92. The summed E-state index contributed by atoms with van der Waals surface area (Å²) in [5, 5.41) is 2.83. The molecule has 27 heavy (non-hydrogen) atoms. The molecule has 0 aliphatic heterocycles. The predicted octanol–water partition coefficient (Wildman–Crippen LogP) is 3.66. The fourth-order valence-corrected chi connectivity index (χ4v) is 3.32. The average molecular weight is 387 g/mol. The van der Waals surface area contributed by atoms with Crippen molar-refractivity contribution in [3.05, 3.63) is 83.9 Å². The van der Waals surface area contributed by atoms with Gasteiger partial charge in [0.25, 0.3) is 0 Å². The number of thioether (sulfide) groups is 1. The number of halogens is 2. The lowest BCUT2D eigenvalue weighted by Crippen LogP contribution is -2.28. The lowest BCUT2D eigenvalue weighted by Gasteiger charge is -2.09. The number of carbonyl (C=O) groups excluding carboxylic acids is 1. The van der Waals surface area contributed by atoms with Gasteiger partial charge in [-0.25, -0.2) is 13.8 Å². The Hall–Kier alpha value is -2.67. The number of hydrogen-bond acceptors (Lipinski definition) is 3. The van der Waals surface area contributed by atoms with Crippen LogP contribution in [0.3, 0.4) is 0 Å². The van der Waals surface area contributed by atoms with E-state index in [2.05, 4.69) is 27.0 Å². The van der Waals surface area contributed by atoms with Crippen LogP contribution in [0, 0.1) is 11.6 Å². The molecule has 1 N–H and O–H groups in total. The third kappa shape index (κ3) is 5.65. The Balaban J connectivity index is 1.44. The van der Waals surface area contributed by atoms with Crippen molar-refractivity contribution < 1.29 is 13.6 Å². The standard InChI is InChI=1S/C20H19F2N3OS/c21-17-7-6-16(12-18(17)22)27-14-20(26)24-9-8-19-23-10-11-25(19)13-15-4-2-1-3-5-15/h1-7,10-12H,8-9,13-14H2,(H,24,26). The molecule has 0 aliphatic carbocycles. The summed E-state index contributed by atoms with van der Waals surface area (Å²) < 4.78 is 28.1. The van der Waals surface area contributed by atoms with Crippen molar-refractivity contribution in [2.45, 2.75) is 17.9 Å². The zero-order chi connectivity index (χ0) is 19.1. The first kappa shape index (κ1) is 19.1. The van der Waals surface area contributed by atoms with Crippen LogP contribution in [-0.4, -0.2) is 27.8 Å². The molecule has 0 unspecified atom stereocenters. The molecule has 7 heteroatoms. The van der Waals surface area contributed by atoms with Gasteiger partial charge in [0.2, 0.25) is 5.91 Å². The second-order valence-electron chi connectivity index (χ2n) is 5.92. The van der Waals surface area contributed by atoms with Crippen molar-refractivity contribution in [1.29, 1.82) is 0 Å². The number of imidazole rings is 1. The van der Waals surface area contributed by atoms with E-state index in [1.54, 1.807) is 6.20 Å². The largest absolute Gasteiger partial charge is 0.355 e. The van der Waals surface area contributed by atoms with Gasteiger partial charge in [-0.1, -0.05) is 30.3 Å². The van der Waals surface area contributed by atoms with Gasteiger partial charge >= 0.3 is 0 Å². The Morgan fingerprint density at radius 1 is 1.11 bits per heavy atom. The molecule has 3 aromatic rings. The lowest BCUT2D eigenvalue weighted by atomic mass is 10.2. The molecule has 0 aliphatic rings. The summed E-state index contributed by atoms with van der Waals surface area (Å²) in [6.07, 6.45) is 4.28. The van der Waals surface area contributed by atoms with Crippen LogP contribution in [0.4, 0.5) is 8.78 Å². The van der Waals surface area contributed by atoms with Crippen LogP contribution in [-0.2, 0) is 17.8 Å². The molecule has 0 fully saturated rings. The minimum Gasteiger partial charge on any atom is -0.355 e. The summed E-state index contributed by atoms with van der Waals surface area (Å²) in [4.78, 5) is 16.8. The lowest BCUT2D eigenvalue weighted by molar-refractivity contribution is -0.118. The molecule has 0 spiro atoms. The molecule has 140 valence electrons. The monoisotopic (exact) mass is 387 g/mol. The van der Waals surface area contributed by atoms with Crippen LogP contribution in [0.2, 0.25) is 0 Å². The van der Waals surface area contributed by atoms with Gasteiger partial charge in [-0.3, -0.25) is 4.79 Å². The summed E-state index contributed by atoms with van der Waals surface area (Å²) in [7, 11) is 0. The van der Waals surface area contributed by atoms with Crippen molar-refractivity contribution in [1.82, 2.24) is 14.9 Å². The highest BCUT2D eigenvalue weighted by Crippen LogP contribution is 2.20. The summed E-state index contributed by atoms with van der Waals surface area (Å²) in [6.45, 7) is 1.19. The minimum absolute atomic E-state index is 0.142. The molecule has 1 aromatic heterocycles. The van der Waals surface area contributed by atoms with E-state index >= 15 is 0 Å². The molecule has 1 heterocycles. The predicted molar refractivity (Wildman–Crippen MR) is 102 cm³/mol. The van der Waals surface area contributed by atoms with Gasteiger partial charge < -0.3 is 9.88 Å². The third-order valence-electron chi connectivity index (χ3n) is 3.93. The molecule has 0 bridgehead atoms. The highest BCUT2D eigenvalue weighted by molar-refractivity contribution is 8.00. The first-order valence-corrected chi connectivity index (χ1v) is 9.49. The number of amides is 1. The number of carbonyl (C=O) groups is 1. The topological polar surface area (TPSA) is 46.9 Å². The number of nitrogens with one attached hydrogen (secondary N) is 1. The molecule has 1 amide bonds. The van der Waals surface area contributed by atoms with E-state index < -0.39 is 11.6 Å². The summed E-state index contributed by atoms with van der Waals surface area (Å²) >= 11 is 1.16. The number of benzene rings is 2. The van der Waals surface area contributed by atoms with Gasteiger partial charge in [-0.15, -0.1) is 11.8 Å². The SMILES string of the molecule is O=C(CSc1ccc(F)c(F)c1)NCCc1nccn1Cc1ccccc1. The number of rotatable bonds is 8. The minimum atomic E-state index is -0.911. The maximum absolute atomic E-state index is 13.2. The molecule has 0 radical (unpaired) electrons. The van der Waals surface area contributed by atoms with Crippen LogP contribution >= 0.6 is 11.8 Å². The number of nitrogens with zero attached hydrogens (tertiary/aromatic N) is 2. The van der Waals surface area contributed by atoms with E-state index in [1.807, 2.05) is 24.4 Å². The summed E-state index contributed by atoms with van der Waals surface area (Å²) in [5.74, 6) is -0.928. The fraction of sp³-hybridized carbons (Fsp3) is 0.200. The van der Waals surface area contributed by atoms with E-state index in [1.165, 1.54) is 11.6 Å². The first-order valence-electron chi connectivity index (χ1n) is 8.50. The number of aromatic nitrogens is 2. The zero-order valence-electron chi connectivity index (χ0n) is 14.6. The Kier molecular flexibility index (Phi) is 6.59. The summed E-state index contributed by atoms with van der Waals surface area (Å²) in [6, 6.07) is 13.7. The molecular formula is C20H19F2N3OS. The number of hydrogen-bond donors (Lipinski definition) is 1. The zero-order valence-corrected chi connectivity index (χ0v) is 15.4. The van der Waals surface area contributed by atoms with Crippen molar-refractivity contribution in [2.24, 2.45) is 0 Å².